The van der Waals surface area contributed by atoms with Crippen molar-refractivity contribution in [1.29, 1.82) is 0 Å². The first-order valence-electron chi connectivity index (χ1n) is 6.50. The van der Waals surface area contributed by atoms with E-state index in [0.29, 0.717) is 17.8 Å². The van der Waals surface area contributed by atoms with Crippen molar-refractivity contribution in [3.8, 4) is 0 Å². The van der Waals surface area contributed by atoms with Gasteiger partial charge in [0.2, 0.25) is 5.91 Å². The lowest BCUT2D eigenvalue weighted by Crippen LogP contribution is -2.28. The summed E-state index contributed by atoms with van der Waals surface area (Å²) in [5.74, 6) is -0.161. The number of aryl methyl sites for hydroxylation is 1. The predicted molar refractivity (Wildman–Crippen MR) is 80.0 cm³/mol. The molecule has 0 radical (unpaired) electrons. The van der Waals surface area contributed by atoms with Gasteiger partial charge in [0, 0.05) is 36.5 Å². The molecule has 2 aromatic rings. The van der Waals surface area contributed by atoms with Crippen LogP contribution >= 0.6 is 0 Å². The number of anilines is 2. The number of hydrogen-bond donors (Lipinski definition) is 3. The second-order valence-electron chi connectivity index (χ2n) is 4.57. The van der Waals surface area contributed by atoms with Crippen LogP contribution < -0.4 is 22.2 Å². The van der Waals surface area contributed by atoms with Gasteiger partial charge in [-0.25, -0.2) is 0 Å². The largest absolute Gasteiger partial charge is 0.399 e. The van der Waals surface area contributed by atoms with E-state index in [0.717, 1.165) is 0 Å². The number of aromatic nitrogens is 2. The number of nitrogens with two attached hydrogens (primary N) is 1. The Kier molecular flexibility index (Phi) is 4.55. The number of nitrogens with zero attached hydrogens (tertiary/aromatic N) is 1. The molecule has 0 spiro atoms. The average molecular weight is 288 g/mol. The van der Waals surface area contributed by atoms with E-state index in [1.807, 2.05) is 0 Å². The van der Waals surface area contributed by atoms with E-state index in [4.69, 9.17) is 5.73 Å². The number of nitrogens with one attached hydrogen (secondary N) is 2. The van der Waals surface area contributed by atoms with E-state index in [-0.39, 0.29) is 30.0 Å². The number of benzene rings is 1. The van der Waals surface area contributed by atoms with Gasteiger partial charge in [-0.15, -0.1) is 0 Å². The maximum absolute atomic E-state index is 11.7. The molecule has 2 rings (SSSR count). The molecular weight excluding hydrogens is 272 g/mol. The van der Waals surface area contributed by atoms with Crippen molar-refractivity contribution in [2.24, 2.45) is 0 Å². The number of nitrogen functional groups attached to an aromatic ring is 1. The molecule has 21 heavy (non-hydrogen) atoms. The fourth-order valence-electron chi connectivity index (χ4n) is 1.82. The fourth-order valence-corrected chi connectivity index (χ4v) is 1.82. The molecule has 4 N–H and O–H groups in total. The monoisotopic (exact) mass is 288 g/mol. The Morgan fingerprint density at radius 3 is 2.57 bits per heavy atom. The van der Waals surface area contributed by atoms with E-state index in [9.17, 15) is 14.4 Å². The van der Waals surface area contributed by atoms with Gasteiger partial charge < -0.3 is 11.1 Å². The number of carbonyl (C=O) groups is 1. The van der Waals surface area contributed by atoms with E-state index in [2.05, 4.69) is 10.4 Å². The maximum atomic E-state index is 11.7. The molecule has 1 amide bonds. The Balaban J connectivity index is 1.84. The highest BCUT2D eigenvalue weighted by Gasteiger charge is 2.03. The Morgan fingerprint density at radius 2 is 1.86 bits per heavy atom. The summed E-state index contributed by atoms with van der Waals surface area (Å²) in [7, 11) is 0. The van der Waals surface area contributed by atoms with Crippen LogP contribution in [0.5, 0.6) is 0 Å². The summed E-state index contributed by atoms with van der Waals surface area (Å²) >= 11 is 0. The lowest BCUT2D eigenvalue weighted by atomic mass is 10.2. The summed E-state index contributed by atoms with van der Waals surface area (Å²) < 4.78 is 1.19. The molecule has 0 aliphatic heterocycles. The Hall–Kier alpha value is -2.83. The molecule has 7 nitrogen and oxygen atoms in total. The molecule has 0 aliphatic carbocycles. The second kappa shape index (κ2) is 6.56. The van der Waals surface area contributed by atoms with Crippen LogP contribution in [-0.4, -0.2) is 15.7 Å². The molecule has 1 aromatic heterocycles. The van der Waals surface area contributed by atoms with Crippen molar-refractivity contribution >= 4 is 17.3 Å². The van der Waals surface area contributed by atoms with Gasteiger partial charge in [-0.2, -0.15) is 0 Å². The fraction of sp³-hybridized carbons (Fsp3) is 0.214. The first-order chi connectivity index (χ1) is 10.0. The molecule has 1 heterocycles. The SMILES string of the molecule is Nc1ccc(NC(=O)CCCn2[nH]c(=O)ccc2=O)cc1. The molecule has 0 bridgehead atoms. The van der Waals surface area contributed by atoms with Crippen LogP contribution in [0.15, 0.2) is 46.0 Å². The molecule has 0 fully saturated rings. The number of hydrogen-bond acceptors (Lipinski definition) is 4. The molecule has 110 valence electrons. The quantitative estimate of drug-likeness (QED) is 0.697. The predicted octanol–water partition coefficient (Wildman–Crippen LogP) is 0.538. The van der Waals surface area contributed by atoms with Crippen molar-refractivity contribution in [3.63, 3.8) is 0 Å². The average Bonchev–Trinajstić information content (AvgIpc) is 2.45. The molecule has 0 saturated heterocycles. The third-order valence-corrected chi connectivity index (χ3v) is 2.87. The zero-order valence-corrected chi connectivity index (χ0v) is 11.3. The normalized spacial score (nSPS) is 10.3. The van der Waals surface area contributed by atoms with Crippen molar-refractivity contribution in [1.82, 2.24) is 9.78 Å². The van der Waals surface area contributed by atoms with Crippen molar-refractivity contribution in [3.05, 3.63) is 57.1 Å². The minimum Gasteiger partial charge on any atom is -0.399 e. The van der Waals surface area contributed by atoms with Gasteiger partial charge in [-0.1, -0.05) is 0 Å². The lowest BCUT2D eigenvalue weighted by Gasteiger charge is -2.06. The van der Waals surface area contributed by atoms with Crippen LogP contribution in [0.4, 0.5) is 11.4 Å². The standard InChI is InChI=1S/C14H16N4O3/c15-10-3-5-11(6-4-10)16-12(19)2-1-9-18-14(21)8-7-13(20)17-18/h3-8H,1-2,9,15H2,(H,16,19)(H,17,20). The van der Waals surface area contributed by atoms with Gasteiger partial charge in [0.05, 0.1) is 0 Å². The molecule has 0 unspecified atom stereocenters. The minimum atomic E-state index is -0.346. The van der Waals surface area contributed by atoms with E-state index >= 15 is 0 Å². The summed E-state index contributed by atoms with van der Waals surface area (Å²) in [6.07, 6.45) is 0.689. The number of carbonyl (C=O) groups excluding carboxylic acids is 1. The number of H-pyrrole nitrogens is 1. The zero-order chi connectivity index (χ0) is 15.2. The first-order valence-corrected chi connectivity index (χ1v) is 6.50. The smallest absolute Gasteiger partial charge is 0.265 e. The van der Waals surface area contributed by atoms with Crippen molar-refractivity contribution in [2.45, 2.75) is 19.4 Å². The van der Waals surface area contributed by atoms with Crippen LogP contribution in [-0.2, 0) is 11.3 Å². The highest BCUT2D eigenvalue weighted by atomic mass is 16.2. The first kappa shape index (κ1) is 14.6. The van der Waals surface area contributed by atoms with Crippen LogP contribution in [0.2, 0.25) is 0 Å². The zero-order valence-electron chi connectivity index (χ0n) is 11.3. The molecule has 0 aliphatic rings. The minimum absolute atomic E-state index is 0.161. The van der Waals surface area contributed by atoms with Gasteiger partial charge in [0.25, 0.3) is 11.1 Å². The molecule has 7 heteroatoms. The number of amides is 1. The van der Waals surface area contributed by atoms with Crippen molar-refractivity contribution in [2.75, 3.05) is 11.1 Å². The third-order valence-electron chi connectivity index (χ3n) is 2.87. The van der Waals surface area contributed by atoms with Crippen LogP contribution in [0.25, 0.3) is 0 Å². The van der Waals surface area contributed by atoms with Gasteiger partial charge in [0.15, 0.2) is 0 Å². The van der Waals surface area contributed by atoms with Gasteiger partial charge in [-0.3, -0.25) is 24.2 Å². The van der Waals surface area contributed by atoms with Gasteiger partial charge in [0.1, 0.15) is 0 Å². The summed E-state index contributed by atoms with van der Waals surface area (Å²) in [6.45, 7) is 0.282. The highest BCUT2D eigenvalue weighted by Crippen LogP contribution is 2.10. The number of rotatable bonds is 5. The summed E-state index contributed by atoms with van der Waals surface area (Å²) in [5, 5.41) is 5.14. The molecule has 0 atom stereocenters. The number of aromatic amines is 1. The Bertz CT molecular complexity index is 731. The molecule has 0 saturated carbocycles. The van der Waals surface area contributed by atoms with E-state index < -0.39 is 0 Å². The Morgan fingerprint density at radius 1 is 1.14 bits per heavy atom. The molecular formula is C14H16N4O3. The van der Waals surface area contributed by atoms with Crippen LogP contribution in [0.3, 0.4) is 0 Å². The maximum Gasteiger partial charge on any atom is 0.265 e. The van der Waals surface area contributed by atoms with E-state index in [1.54, 1.807) is 24.3 Å². The summed E-state index contributed by atoms with van der Waals surface area (Å²) in [5.41, 5.74) is 6.20. The summed E-state index contributed by atoms with van der Waals surface area (Å²) in [4.78, 5) is 34.3. The molecule has 1 aromatic carbocycles. The van der Waals surface area contributed by atoms with Crippen LogP contribution in [0, 0.1) is 0 Å². The second-order valence-corrected chi connectivity index (χ2v) is 4.57. The van der Waals surface area contributed by atoms with Gasteiger partial charge in [-0.05, 0) is 30.7 Å². The third kappa shape index (κ3) is 4.34. The Labute approximate surface area is 120 Å². The van der Waals surface area contributed by atoms with E-state index in [1.165, 1.54) is 16.8 Å². The van der Waals surface area contributed by atoms with Gasteiger partial charge >= 0.3 is 0 Å². The van der Waals surface area contributed by atoms with Crippen LogP contribution in [0.1, 0.15) is 12.8 Å². The highest BCUT2D eigenvalue weighted by molar-refractivity contribution is 5.90. The lowest BCUT2D eigenvalue weighted by molar-refractivity contribution is -0.116. The topological polar surface area (TPSA) is 110 Å². The van der Waals surface area contributed by atoms with Crippen molar-refractivity contribution < 1.29 is 4.79 Å². The summed E-state index contributed by atoms with van der Waals surface area (Å²) in [6, 6.07) is 9.20.